The maximum absolute atomic E-state index is 12.4. The first-order chi connectivity index (χ1) is 10.6. The molecule has 2 aromatic heterocycles. The Kier molecular flexibility index (Phi) is 3.43. The van der Waals surface area contributed by atoms with E-state index in [4.69, 9.17) is 11.6 Å². The Morgan fingerprint density at radius 1 is 1.32 bits per heavy atom. The minimum absolute atomic E-state index is 0.187. The van der Waals surface area contributed by atoms with Crippen LogP contribution in [0.5, 0.6) is 0 Å². The molecule has 0 N–H and O–H groups in total. The number of hydrogen-bond acceptors (Lipinski definition) is 4. The predicted molar refractivity (Wildman–Crippen MR) is 83.3 cm³/mol. The summed E-state index contributed by atoms with van der Waals surface area (Å²) in [6, 6.07) is 9.24. The van der Waals surface area contributed by atoms with Crippen LogP contribution < -0.4 is 5.56 Å². The summed E-state index contributed by atoms with van der Waals surface area (Å²) in [4.78, 5) is 12.4. The molecule has 0 saturated heterocycles. The highest BCUT2D eigenvalue weighted by molar-refractivity contribution is 6.32. The summed E-state index contributed by atoms with van der Waals surface area (Å²) in [5, 5.41) is 18.8. The van der Waals surface area contributed by atoms with Crippen LogP contribution in [-0.4, -0.2) is 19.6 Å². The molecule has 1 aromatic carbocycles. The van der Waals surface area contributed by atoms with Crippen molar-refractivity contribution in [2.75, 3.05) is 0 Å². The van der Waals surface area contributed by atoms with Crippen LogP contribution in [0.1, 0.15) is 18.3 Å². The molecule has 7 heteroatoms. The number of benzene rings is 1. The van der Waals surface area contributed by atoms with Crippen molar-refractivity contribution in [3.8, 4) is 11.8 Å². The molecule has 0 atom stereocenters. The molecule has 0 bridgehead atoms. The largest absolute Gasteiger partial charge is 0.295 e. The average molecular weight is 314 g/mol. The first-order valence-corrected chi connectivity index (χ1v) is 7.11. The highest BCUT2D eigenvalue weighted by atomic mass is 35.5. The summed E-state index contributed by atoms with van der Waals surface area (Å²) in [6.45, 7) is 3.96. The summed E-state index contributed by atoms with van der Waals surface area (Å²) in [5.41, 5.74) is 1.42. The number of halogens is 1. The first-order valence-electron chi connectivity index (χ1n) is 6.74. The van der Waals surface area contributed by atoms with Gasteiger partial charge in [-0.15, -0.1) is 0 Å². The summed E-state index contributed by atoms with van der Waals surface area (Å²) in [7, 11) is 0. The fourth-order valence-electron chi connectivity index (χ4n) is 2.42. The van der Waals surface area contributed by atoms with E-state index in [1.807, 2.05) is 18.2 Å². The molecule has 0 amide bonds. The fourth-order valence-corrected chi connectivity index (χ4v) is 2.64. The molecule has 0 saturated carbocycles. The Morgan fingerprint density at radius 2 is 2.05 bits per heavy atom. The molecule has 0 radical (unpaired) electrons. The van der Waals surface area contributed by atoms with E-state index in [0.717, 1.165) is 0 Å². The minimum atomic E-state index is -0.314. The van der Waals surface area contributed by atoms with Crippen LogP contribution in [0.15, 0.2) is 29.1 Å². The number of fused-ring (bicyclic) bond motifs is 1. The Balaban J connectivity index is 2.44. The number of rotatable bonds is 2. The summed E-state index contributed by atoms with van der Waals surface area (Å²) >= 11 is 6.21. The van der Waals surface area contributed by atoms with E-state index in [0.29, 0.717) is 28.3 Å². The molecule has 3 rings (SSSR count). The number of hydrogen-bond donors (Lipinski definition) is 0. The topological polar surface area (TPSA) is 76.5 Å². The molecule has 0 fully saturated rings. The number of para-hydroxylation sites is 1. The van der Waals surface area contributed by atoms with E-state index in [1.165, 1.54) is 4.68 Å². The van der Waals surface area contributed by atoms with Crippen molar-refractivity contribution in [1.29, 1.82) is 5.26 Å². The third-order valence-corrected chi connectivity index (χ3v) is 3.82. The lowest BCUT2D eigenvalue weighted by Gasteiger charge is -2.05. The maximum atomic E-state index is 12.4. The summed E-state index contributed by atoms with van der Waals surface area (Å²) < 4.78 is 2.82. The van der Waals surface area contributed by atoms with Crippen molar-refractivity contribution >= 4 is 22.5 Å². The zero-order valence-electron chi connectivity index (χ0n) is 12.0. The fraction of sp³-hybridized carbons (Fsp3) is 0.200. The van der Waals surface area contributed by atoms with Crippen LogP contribution in [0, 0.1) is 18.3 Å². The van der Waals surface area contributed by atoms with Gasteiger partial charge in [-0.05, 0) is 26.0 Å². The standard InChI is InChI=1S/C15H12ClN5O/c1-3-20-15(22)14-13(11(8-17)18-20)9(2)21(19-14)12-7-5-4-6-10(12)16/h4-7H,3H2,1-2H3. The maximum Gasteiger partial charge on any atom is 0.295 e. The highest BCUT2D eigenvalue weighted by Gasteiger charge is 2.19. The molecule has 22 heavy (non-hydrogen) atoms. The van der Waals surface area contributed by atoms with E-state index in [9.17, 15) is 10.1 Å². The van der Waals surface area contributed by atoms with E-state index in [1.54, 1.807) is 30.7 Å². The van der Waals surface area contributed by atoms with Gasteiger partial charge in [0.2, 0.25) is 0 Å². The summed E-state index contributed by atoms with van der Waals surface area (Å²) in [5.74, 6) is 0. The second-order valence-corrected chi connectivity index (χ2v) is 5.16. The van der Waals surface area contributed by atoms with Crippen LogP contribution in [-0.2, 0) is 6.54 Å². The minimum Gasteiger partial charge on any atom is -0.265 e. The van der Waals surface area contributed by atoms with Gasteiger partial charge in [-0.25, -0.2) is 9.36 Å². The van der Waals surface area contributed by atoms with Crippen molar-refractivity contribution in [3.63, 3.8) is 0 Å². The second-order valence-electron chi connectivity index (χ2n) is 4.75. The lowest BCUT2D eigenvalue weighted by Crippen LogP contribution is -2.23. The molecule has 0 spiro atoms. The van der Waals surface area contributed by atoms with Gasteiger partial charge in [0.1, 0.15) is 6.07 Å². The second kappa shape index (κ2) is 5.28. The van der Waals surface area contributed by atoms with E-state index >= 15 is 0 Å². The molecule has 6 nitrogen and oxygen atoms in total. The monoisotopic (exact) mass is 313 g/mol. The van der Waals surface area contributed by atoms with Crippen molar-refractivity contribution in [1.82, 2.24) is 19.6 Å². The molecule has 3 aromatic rings. The molecule has 110 valence electrons. The SMILES string of the molecule is CCn1nc(C#N)c2c(C)n(-c3ccccc3Cl)nc2c1=O. The molecule has 2 heterocycles. The van der Waals surface area contributed by atoms with Crippen LogP contribution in [0.25, 0.3) is 16.6 Å². The van der Waals surface area contributed by atoms with Crippen LogP contribution >= 0.6 is 11.6 Å². The van der Waals surface area contributed by atoms with Crippen LogP contribution in [0.2, 0.25) is 5.02 Å². The molecule has 0 aliphatic heterocycles. The van der Waals surface area contributed by atoms with Gasteiger partial charge in [0.25, 0.3) is 5.56 Å². The third-order valence-electron chi connectivity index (χ3n) is 3.50. The van der Waals surface area contributed by atoms with Crippen LogP contribution in [0.4, 0.5) is 0 Å². The average Bonchev–Trinajstić information content (AvgIpc) is 2.87. The molecule has 0 unspecified atom stereocenters. The van der Waals surface area contributed by atoms with Crippen molar-refractivity contribution in [3.05, 3.63) is 51.0 Å². The van der Waals surface area contributed by atoms with Gasteiger partial charge in [-0.2, -0.15) is 15.5 Å². The number of aromatic nitrogens is 4. The van der Waals surface area contributed by atoms with Crippen LogP contribution in [0.3, 0.4) is 0 Å². The van der Waals surface area contributed by atoms with E-state index in [2.05, 4.69) is 10.2 Å². The van der Waals surface area contributed by atoms with Gasteiger partial charge < -0.3 is 0 Å². The van der Waals surface area contributed by atoms with Gasteiger partial charge >= 0.3 is 0 Å². The molecule has 0 aliphatic rings. The number of nitriles is 1. The van der Waals surface area contributed by atoms with E-state index < -0.39 is 0 Å². The van der Waals surface area contributed by atoms with Crippen molar-refractivity contribution in [2.45, 2.75) is 20.4 Å². The Morgan fingerprint density at radius 3 is 2.68 bits per heavy atom. The van der Waals surface area contributed by atoms with Crippen molar-refractivity contribution in [2.24, 2.45) is 0 Å². The smallest absolute Gasteiger partial charge is 0.265 e. The highest BCUT2D eigenvalue weighted by Crippen LogP contribution is 2.25. The van der Waals surface area contributed by atoms with Gasteiger partial charge in [-0.3, -0.25) is 4.79 Å². The van der Waals surface area contributed by atoms with E-state index in [-0.39, 0.29) is 16.8 Å². The number of aryl methyl sites for hydroxylation is 2. The van der Waals surface area contributed by atoms with Gasteiger partial charge in [0.05, 0.1) is 21.8 Å². The molecule has 0 aliphatic carbocycles. The quantitative estimate of drug-likeness (QED) is 0.728. The number of nitrogens with zero attached hydrogens (tertiary/aromatic N) is 5. The molecular formula is C15H12ClN5O. The first kappa shape index (κ1) is 14.3. The summed E-state index contributed by atoms with van der Waals surface area (Å²) in [6.07, 6.45) is 0. The Labute approximate surface area is 131 Å². The lowest BCUT2D eigenvalue weighted by atomic mass is 10.2. The zero-order valence-corrected chi connectivity index (χ0v) is 12.8. The zero-order chi connectivity index (χ0) is 15.9. The predicted octanol–water partition coefficient (Wildman–Crippen LogP) is 2.44. The van der Waals surface area contributed by atoms with Gasteiger partial charge in [-0.1, -0.05) is 23.7 Å². The Hall–Kier alpha value is -2.65. The Bertz CT molecular complexity index is 980. The van der Waals surface area contributed by atoms with Crippen molar-refractivity contribution < 1.29 is 0 Å². The lowest BCUT2D eigenvalue weighted by molar-refractivity contribution is 0.618. The molecular weight excluding hydrogens is 302 g/mol. The van der Waals surface area contributed by atoms with Gasteiger partial charge in [0.15, 0.2) is 11.2 Å². The normalized spacial score (nSPS) is 10.8. The van der Waals surface area contributed by atoms with Gasteiger partial charge in [0, 0.05) is 6.54 Å². The third kappa shape index (κ3) is 1.98.